The molecule has 0 aliphatic heterocycles. The van der Waals surface area contributed by atoms with E-state index in [1.54, 1.807) is 4.52 Å². The lowest BCUT2D eigenvalue weighted by Gasteiger charge is -1.95. The van der Waals surface area contributed by atoms with Crippen LogP contribution in [-0.2, 0) is 0 Å². The summed E-state index contributed by atoms with van der Waals surface area (Å²) in [4.78, 5) is 0.799. The highest BCUT2D eigenvalue weighted by atomic mass is 32.1. The minimum absolute atomic E-state index is 0.770. The van der Waals surface area contributed by atoms with Crippen molar-refractivity contribution >= 4 is 28.4 Å². The third kappa shape index (κ3) is 2.78. The van der Waals surface area contributed by atoms with Gasteiger partial charge in [0, 0.05) is 5.56 Å². The first kappa shape index (κ1) is 13.8. The molecule has 0 spiro atoms. The maximum atomic E-state index is 4.61. The van der Waals surface area contributed by atoms with E-state index in [0.717, 1.165) is 26.9 Å². The largest absolute Gasteiger partial charge is 0.235 e. The van der Waals surface area contributed by atoms with E-state index in [-0.39, 0.29) is 0 Å². The zero-order valence-corrected chi connectivity index (χ0v) is 13.4. The molecule has 0 radical (unpaired) electrons. The smallest absolute Gasteiger partial charge is 0.182 e. The molecule has 0 fully saturated rings. The normalized spacial score (nSPS) is 11.5. The maximum Gasteiger partial charge on any atom is 0.235 e. The lowest BCUT2D eigenvalue weighted by molar-refractivity contribution is 0.960. The van der Waals surface area contributed by atoms with Crippen LogP contribution >= 0.6 is 11.3 Å². The first-order valence-electron chi connectivity index (χ1n) is 7.32. The molecule has 2 heterocycles. The van der Waals surface area contributed by atoms with Crippen molar-refractivity contribution in [2.45, 2.75) is 6.92 Å². The van der Waals surface area contributed by atoms with E-state index in [1.807, 2.05) is 36.4 Å². The average Bonchev–Trinajstić information content (AvgIpc) is 3.15. The molecular weight excluding hydrogens is 304 g/mol. The highest BCUT2D eigenvalue weighted by Crippen LogP contribution is 2.22. The fourth-order valence-corrected chi connectivity index (χ4v) is 3.05. The van der Waals surface area contributed by atoms with Gasteiger partial charge in [-0.2, -0.15) is 9.61 Å². The fourth-order valence-electron chi connectivity index (χ4n) is 2.31. The Kier molecular flexibility index (Phi) is 3.48. The van der Waals surface area contributed by atoms with Crippen LogP contribution in [0.2, 0.25) is 0 Å². The van der Waals surface area contributed by atoms with Crippen LogP contribution in [0.15, 0.2) is 54.6 Å². The van der Waals surface area contributed by atoms with E-state index in [2.05, 4.69) is 52.6 Å². The van der Waals surface area contributed by atoms with E-state index >= 15 is 0 Å². The topological polar surface area (TPSA) is 43.1 Å². The van der Waals surface area contributed by atoms with Gasteiger partial charge in [0.05, 0.1) is 0 Å². The van der Waals surface area contributed by atoms with Crippen LogP contribution in [-0.4, -0.2) is 19.8 Å². The van der Waals surface area contributed by atoms with Gasteiger partial charge < -0.3 is 0 Å². The molecule has 2 aromatic heterocycles. The first-order valence-corrected chi connectivity index (χ1v) is 8.14. The summed E-state index contributed by atoms with van der Waals surface area (Å²) in [5.41, 5.74) is 3.43. The van der Waals surface area contributed by atoms with Crippen molar-refractivity contribution in [1.29, 1.82) is 0 Å². The van der Waals surface area contributed by atoms with E-state index in [4.69, 9.17) is 0 Å². The van der Waals surface area contributed by atoms with Crippen molar-refractivity contribution in [2.75, 3.05) is 0 Å². The third-order valence-corrected chi connectivity index (χ3v) is 4.40. The van der Waals surface area contributed by atoms with Gasteiger partial charge >= 0.3 is 0 Å². The van der Waals surface area contributed by atoms with Gasteiger partial charge in [-0.05, 0) is 18.6 Å². The number of hydrogen-bond donors (Lipinski definition) is 0. The summed E-state index contributed by atoms with van der Waals surface area (Å²) in [6.45, 7) is 2.08. The molecule has 5 heteroatoms. The van der Waals surface area contributed by atoms with Crippen LogP contribution in [0.25, 0.3) is 28.5 Å². The number of aromatic nitrogens is 4. The zero-order valence-electron chi connectivity index (χ0n) is 12.5. The van der Waals surface area contributed by atoms with E-state index in [9.17, 15) is 0 Å². The molecule has 0 saturated heterocycles. The van der Waals surface area contributed by atoms with Gasteiger partial charge in [0.25, 0.3) is 0 Å². The van der Waals surface area contributed by atoms with E-state index in [0.29, 0.717) is 0 Å². The van der Waals surface area contributed by atoms with Crippen molar-refractivity contribution in [3.63, 3.8) is 0 Å². The Balaban J connectivity index is 1.67. The van der Waals surface area contributed by atoms with Crippen LogP contribution in [0.4, 0.5) is 0 Å². The Morgan fingerprint density at radius 3 is 2.48 bits per heavy atom. The summed E-state index contributed by atoms with van der Waals surface area (Å²) in [6, 6.07) is 18.4. The molecule has 0 amide bonds. The molecule has 4 nitrogen and oxygen atoms in total. The monoisotopic (exact) mass is 318 g/mol. The minimum Gasteiger partial charge on any atom is -0.182 e. The average molecular weight is 318 g/mol. The molecular formula is C18H14N4S. The summed E-state index contributed by atoms with van der Waals surface area (Å²) in [5.74, 6) is 0.770. The highest BCUT2D eigenvalue weighted by Gasteiger charge is 2.11. The second kappa shape index (κ2) is 5.78. The molecule has 2 aromatic carbocycles. The standard InChI is InChI=1S/C18H14N4S/c1-13-7-9-14(10-8-13)11-12-16-21-22-17(19-20-18(22)23-16)15-5-3-2-4-6-15/h2-12H,1H3/b12-11+. The van der Waals surface area contributed by atoms with Crippen LogP contribution in [0.3, 0.4) is 0 Å². The second-order valence-electron chi connectivity index (χ2n) is 5.27. The highest BCUT2D eigenvalue weighted by molar-refractivity contribution is 7.17. The molecule has 0 bridgehead atoms. The maximum absolute atomic E-state index is 4.61. The van der Waals surface area contributed by atoms with Crippen LogP contribution in [0.5, 0.6) is 0 Å². The Morgan fingerprint density at radius 1 is 0.913 bits per heavy atom. The van der Waals surface area contributed by atoms with Crippen LogP contribution in [0, 0.1) is 6.92 Å². The Bertz CT molecular complexity index is 965. The molecule has 0 aliphatic rings. The summed E-state index contributed by atoms with van der Waals surface area (Å²) < 4.78 is 1.80. The Morgan fingerprint density at radius 2 is 1.70 bits per heavy atom. The third-order valence-electron chi connectivity index (χ3n) is 3.53. The number of nitrogens with zero attached hydrogens (tertiary/aromatic N) is 4. The number of benzene rings is 2. The second-order valence-corrected chi connectivity index (χ2v) is 6.26. The molecule has 23 heavy (non-hydrogen) atoms. The Labute approximate surface area is 137 Å². The number of rotatable bonds is 3. The molecule has 0 saturated carbocycles. The lowest BCUT2D eigenvalue weighted by Crippen LogP contribution is -1.90. The lowest BCUT2D eigenvalue weighted by atomic mass is 10.1. The van der Waals surface area contributed by atoms with Gasteiger partial charge in [0.2, 0.25) is 4.96 Å². The minimum atomic E-state index is 0.770. The molecule has 0 atom stereocenters. The summed E-state index contributed by atoms with van der Waals surface area (Å²) in [7, 11) is 0. The summed E-state index contributed by atoms with van der Waals surface area (Å²) >= 11 is 1.53. The predicted octanol–water partition coefficient (Wildman–Crippen LogP) is 4.33. The quantitative estimate of drug-likeness (QED) is 0.564. The van der Waals surface area contributed by atoms with Crippen molar-refractivity contribution in [2.24, 2.45) is 0 Å². The number of aryl methyl sites for hydroxylation is 1. The van der Waals surface area contributed by atoms with Gasteiger partial charge in [-0.1, -0.05) is 77.6 Å². The fraction of sp³-hybridized carbons (Fsp3) is 0.0556. The van der Waals surface area contributed by atoms with Gasteiger partial charge in [0.1, 0.15) is 5.01 Å². The van der Waals surface area contributed by atoms with Crippen molar-refractivity contribution in [3.8, 4) is 11.4 Å². The summed E-state index contributed by atoms with van der Waals surface area (Å²) in [5, 5.41) is 14.0. The van der Waals surface area contributed by atoms with E-state index < -0.39 is 0 Å². The van der Waals surface area contributed by atoms with Crippen molar-refractivity contribution in [1.82, 2.24) is 19.8 Å². The summed E-state index contributed by atoms with van der Waals surface area (Å²) in [6.07, 6.45) is 4.08. The molecule has 4 aromatic rings. The molecule has 112 valence electrons. The molecule has 4 rings (SSSR count). The first-order chi connectivity index (χ1) is 11.3. The van der Waals surface area contributed by atoms with E-state index in [1.165, 1.54) is 16.9 Å². The predicted molar refractivity (Wildman–Crippen MR) is 94.2 cm³/mol. The van der Waals surface area contributed by atoms with Crippen molar-refractivity contribution in [3.05, 3.63) is 70.7 Å². The SMILES string of the molecule is Cc1ccc(/C=C/c2nn3c(-c4ccccc4)nnc3s2)cc1. The molecule has 0 aliphatic carbocycles. The van der Waals surface area contributed by atoms with Crippen molar-refractivity contribution < 1.29 is 0 Å². The van der Waals surface area contributed by atoms with Gasteiger partial charge in [-0.15, -0.1) is 10.2 Å². The molecule has 0 N–H and O–H groups in total. The zero-order chi connectivity index (χ0) is 15.6. The van der Waals surface area contributed by atoms with Gasteiger partial charge in [-0.3, -0.25) is 0 Å². The van der Waals surface area contributed by atoms with Crippen LogP contribution < -0.4 is 0 Å². The van der Waals surface area contributed by atoms with Gasteiger partial charge in [0.15, 0.2) is 5.82 Å². The van der Waals surface area contributed by atoms with Crippen LogP contribution in [0.1, 0.15) is 16.1 Å². The molecule has 0 unspecified atom stereocenters. The number of hydrogen-bond acceptors (Lipinski definition) is 4. The van der Waals surface area contributed by atoms with Gasteiger partial charge in [-0.25, -0.2) is 0 Å². The number of fused-ring (bicyclic) bond motifs is 1. The Hall–Kier alpha value is -2.79.